The van der Waals surface area contributed by atoms with Crippen molar-refractivity contribution >= 4 is 12.0 Å². The van der Waals surface area contributed by atoms with Gasteiger partial charge < -0.3 is 15.7 Å². The maximum absolute atomic E-state index is 12.7. The minimum absolute atomic E-state index is 0.0706. The number of carbonyl (C=O) groups excluding carboxylic acids is 1. The van der Waals surface area contributed by atoms with Crippen molar-refractivity contribution in [3.8, 4) is 0 Å². The van der Waals surface area contributed by atoms with E-state index in [-0.39, 0.29) is 12.4 Å². The molecule has 0 saturated heterocycles. The van der Waals surface area contributed by atoms with Gasteiger partial charge in [-0.15, -0.1) is 0 Å². The van der Waals surface area contributed by atoms with Crippen LogP contribution >= 0.6 is 0 Å². The van der Waals surface area contributed by atoms with Gasteiger partial charge in [0.25, 0.3) is 0 Å². The third kappa shape index (κ3) is 5.41. The first-order valence-corrected chi connectivity index (χ1v) is 6.87. The molecule has 1 aromatic carbocycles. The number of hydrogen-bond acceptors (Lipinski definition) is 2. The van der Waals surface area contributed by atoms with Crippen LogP contribution in [0.25, 0.3) is 0 Å². The Morgan fingerprint density at radius 3 is 2.38 bits per heavy atom. The number of halogens is 1. The predicted molar refractivity (Wildman–Crippen MR) is 77.5 cm³/mol. The Hall–Kier alpha value is -2.11. The summed E-state index contributed by atoms with van der Waals surface area (Å²) >= 11 is 0. The molecule has 0 radical (unpaired) electrons. The average Bonchev–Trinajstić information content (AvgIpc) is 2.46. The minimum Gasteiger partial charge on any atom is -0.481 e. The van der Waals surface area contributed by atoms with Gasteiger partial charge in [0.05, 0.1) is 5.41 Å². The predicted octanol–water partition coefficient (Wildman–Crippen LogP) is 2.17. The average molecular weight is 296 g/mol. The Morgan fingerprint density at radius 2 is 1.86 bits per heavy atom. The van der Waals surface area contributed by atoms with Gasteiger partial charge in [0.15, 0.2) is 0 Å². The van der Waals surface area contributed by atoms with Gasteiger partial charge in [-0.3, -0.25) is 4.79 Å². The van der Waals surface area contributed by atoms with E-state index in [4.69, 9.17) is 5.11 Å². The van der Waals surface area contributed by atoms with Gasteiger partial charge in [0, 0.05) is 13.1 Å². The molecule has 0 fully saturated rings. The molecule has 1 aromatic rings. The van der Waals surface area contributed by atoms with E-state index in [0.29, 0.717) is 19.4 Å². The van der Waals surface area contributed by atoms with Crippen LogP contribution in [0.15, 0.2) is 24.3 Å². The van der Waals surface area contributed by atoms with E-state index in [1.54, 1.807) is 26.0 Å². The molecule has 3 N–H and O–H groups in total. The molecule has 0 aliphatic heterocycles. The van der Waals surface area contributed by atoms with Gasteiger partial charge in [0.2, 0.25) is 0 Å². The van der Waals surface area contributed by atoms with Crippen LogP contribution in [0.2, 0.25) is 0 Å². The smallest absolute Gasteiger partial charge is 0.314 e. The van der Waals surface area contributed by atoms with Gasteiger partial charge in [-0.1, -0.05) is 19.1 Å². The van der Waals surface area contributed by atoms with Crippen LogP contribution in [0.4, 0.5) is 9.18 Å². The number of aliphatic carboxylic acids is 1. The van der Waals surface area contributed by atoms with Crippen LogP contribution in [0.3, 0.4) is 0 Å². The van der Waals surface area contributed by atoms with Gasteiger partial charge in [-0.05, 0) is 37.5 Å². The lowest BCUT2D eigenvalue weighted by molar-refractivity contribution is -0.147. The number of carboxylic acid groups (broad SMARTS) is 1. The molecule has 0 heterocycles. The highest BCUT2D eigenvalue weighted by Crippen LogP contribution is 2.19. The Bertz CT molecular complexity index is 490. The number of carbonyl (C=O) groups is 2. The quantitative estimate of drug-likeness (QED) is 0.721. The largest absolute Gasteiger partial charge is 0.481 e. The molecule has 1 rings (SSSR count). The molecule has 6 heteroatoms. The van der Waals surface area contributed by atoms with Crippen LogP contribution in [0, 0.1) is 11.2 Å². The van der Waals surface area contributed by atoms with Crippen molar-refractivity contribution in [3.05, 3.63) is 35.6 Å². The lowest BCUT2D eigenvalue weighted by Gasteiger charge is -2.23. The summed E-state index contributed by atoms with van der Waals surface area (Å²) in [4.78, 5) is 22.7. The second-order valence-electron chi connectivity index (χ2n) is 5.21. The van der Waals surface area contributed by atoms with Crippen molar-refractivity contribution in [2.24, 2.45) is 5.41 Å². The van der Waals surface area contributed by atoms with Crippen molar-refractivity contribution in [1.29, 1.82) is 0 Å². The van der Waals surface area contributed by atoms with E-state index in [2.05, 4.69) is 10.6 Å². The molecular formula is C15H21FN2O3. The van der Waals surface area contributed by atoms with Crippen LogP contribution in [-0.4, -0.2) is 30.2 Å². The van der Waals surface area contributed by atoms with E-state index in [9.17, 15) is 14.0 Å². The fraction of sp³-hybridized carbons (Fsp3) is 0.467. The van der Waals surface area contributed by atoms with E-state index in [1.807, 2.05) is 0 Å². The van der Waals surface area contributed by atoms with E-state index >= 15 is 0 Å². The van der Waals surface area contributed by atoms with Crippen LogP contribution in [-0.2, 0) is 11.2 Å². The summed E-state index contributed by atoms with van der Waals surface area (Å²) < 4.78 is 12.7. The van der Waals surface area contributed by atoms with Crippen LogP contribution in [0.1, 0.15) is 25.8 Å². The van der Waals surface area contributed by atoms with Gasteiger partial charge >= 0.3 is 12.0 Å². The molecule has 0 aromatic heterocycles. The summed E-state index contributed by atoms with van der Waals surface area (Å²) in [6, 6.07) is 5.66. The number of benzene rings is 1. The van der Waals surface area contributed by atoms with Crippen molar-refractivity contribution in [1.82, 2.24) is 10.6 Å². The monoisotopic (exact) mass is 296 g/mol. The van der Waals surface area contributed by atoms with Crippen molar-refractivity contribution in [3.63, 3.8) is 0 Å². The zero-order valence-electron chi connectivity index (χ0n) is 12.3. The van der Waals surface area contributed by atoms with Crippen molar-refractivity contribution in [2.75, 3.05) is 13.1 Å². The molecule has 5 nitrogen and oxygen atoms in total. The molecule has 0 spiro atoms. The number of urea groups is 1. The number of rotatable bonds is 7. The second kappa shape index (κ2) is 7.61. The molecule has 0 saturated carbocycles. The molecule has 116 valence electrons. The number of hydrogen-bond donors (Lipinski definition) is 3. The lowest BCUT2D eigenvalue weighted by atomic mass is 9.88. The first-order chi connectivity index (χ1) is 9.87. The SMILES string of the molecule is CCC(C)(CNC(=O)NCCc1ccc(F)cc1)C(=O)O. The van der Waals surface area contributed by atoms with Crippen molar-refractivity contribution < 1.29 is 19.1 Å². The summed E-state index contributed by atoms with van der Waals surface area (Å²) in [7, 11) is 0. The molecule has 1 unspecified atom stereocenters. The summed E-state index contributed by atoms with van der Waals surface area (Å²) in [5.74, 6) is -1.23. The molecule has 0 bridgehead atoms. The highest BCUT2D eigenvalue weighted by atomic mass is 19.1. The number of amides is 2. The topological polar surface area (TPSA) is 78.4 Å². The molecule has 0 aliphatic rings. The zero-order chi connectivity index (χ0) is 15.9. The fourth-order valence-corrected chi connectivity index (χ4v) is 1.66. The molecule has 0 aliphatic carbocycles. The third-order valence-electron chi connectivity index (χ3n) is 3.55. The lowest BCUT2D eigenvalue weighted by Crippen LogP contribution is -2.45. The summed E-state index contributed by atoms with van der Waals surface area (Å²) in [6.07, 6.45) is 1.01. The summed E-state index contributed by atoms with van der Waals surface area (Å²) in [6.45, 7) is 3.82. The summed E-state index contributed by atoms with van der Waals surface area (Å²) in [5.41, 5.74) is -0.0467. The Kier molecular flexibility index (Phi) is 6.14. The van der Waals surface area contributed by atoms with Crippen LogP contribution < -0.4 is 10.6 Å². The molecule has 1 atom stereocenters. The van der Waals surface area contributed by atoms with Gasteiger partial charge in [0.1, 0.15) is 5.82 Å². The van der Waals surface area contributed by atoms with Crippen molar-refractivity contribution in [2.45, 2.75) is 26.7 Å². The maximum atomic E-state index is 12.7. The molecular weight excluding hydrogens is 275 g/mol. The van der Waals surface area contributed by atoms with Crippen LogP contribution in [0.5, 0.6) is 0 Å². The maximum Gasteiger partial charge on any atom is 0.314 e. The van der Waals surface area contributed by atoms with E-state index < -0.39 is 17.4 Å². The highest BCUT2D eigenvalue weighted by molar-refractivity contribution is 5.77. The molecule has 21 heavy (non-hydrogen) atoms. The van der Waals surface area contributed by atoms with E-state index in [0.717, 1.165) is 5.56 Å². The first-order valence-electron chi connectivity index (χ1n) is 6.87. The first kappa shape index (κ1) is 16.9. The van der Waals surface area contributed by atoms with Gasteiger partial charge in [-0.25, -0.2) is 9.18 Å². The normalized spacial score (nSPS) is 13.3. The summed E-state index contributed by atoms with van der Waals surface area (Å²) in [5, 5.41) is 14.3. The number of nitrogens with one attached hydrogen (secondary N) is 2. The molecule has 2 amide bonds. The second-order valence-corrected chi connectivity index (χ2v) is 5.21. The number of carboxylic acids is 1. The Morgan fingerprint density at radius 1 is 1.24 bits per heavy atom. The zero-order valence-corrected chi connectivity index (χ0v) is 12.3. The fourth-order valence-electron chi connectivity index (χ4n) is 1.66. The minimum atomic E-state index is -0.964. The van der Waals surface area contributed by atoms with E-state index in [1.165, 1.54) is 12.1 Å². The highest BCUT2D eigenvalue weighted by Gasteiger charge is 2.31. The Labute approximate surface area is 123 Å². The third-order valence-corrected chi connectivity index (χ3v) is 3.55. The Balaban J connectivity index is 2.31. The van der Waals surface area contributed by atoms with Gasteiger partial charge in [-0.2, -0.15) is 0 Å². The standard InChI is InChI=1S/C15H21FN2O3/c1-3-15(2,13(19)20)10-18-14(21)17-9-8-11-4-6-12(16)7-5-11/h4-7H,3,8-10H2,1-2H3,(H,19,20)(H2,17,18,21).